The van der Waals surface area contributed by atoms with Crippen LogP contribution in [0.2, 0.25) is 0 Å². The fraction of sp³-hybridized carbons (Fsp3) is 0.706. The standard InChI is InChI=1S/C17H22O5/c18-17(19-7-5-11-1-3-13-15(9-11)21-13)20-8-6-12-2-4-14-16(10-12)22-14/h9-10,13-16H,1-8H2. The Balaban J connectivity index is 1.09. The highest BCUT2D eigenvalue weighted by atomic mass is 16.7. The molecule has 2 aliphatic heterocycles. The van der Waals surface area contributed by atoms with Crippen LogP contribution in [-0.4, -0.2) is 43.8 Å². The molecule has 120 valence electrons. The number of carbonyl (C=O) groups is 1. The minimum absolute atomic E-state index is 0.328. The van der Waals surface area contributed by atoms with E-state index < -0.39 is 6.16 Å². The minimum atomic E-state index is -0.561. The van der Waals surface area contributed by atoms with Crippen LogP contribution < -0.4 is 0 Å². The van der Waals surface area contributed by atoms with Crippen molar-refractivity contribution in [1.82, 2.24) is 0 Å². The maximum atomic E-state index is 11.5. The topological polar surface area (TPSA) is 60.6 Å². The molecule has 0 aromatic rings. The Morgan fingerprint density at radius 2 is 1.45 bits per heavy atom. The molecule has 4 rings (SSSR count). The predicted molar refractivity (Wildman–Crippen MR) is 78.5 cm³/mol. The van der Waals surface area contributed by atoms with Crippen LogP contribution in [0.15, 0.2) is 23.3 Å². The quantitative estimate of drug-likeness (QED) is 0.429. The highest BCUT2D eigenvalue weighted by molar-refractivity contribution is 5.59. The Bertz CT molecular complexity index is 465. The summed E-state index contributed by atoms with van der Waals surface area (Å²) in [5, 5.41) is 0. The molecule has 4 aliphatic rings. The monoisotopic (exact) mass is 306 g/mol. The SMILES string of the molecule is O=C(OCCC1=CC2OC2CC1)OCCC1=CC2OC2CC1. The van der Waals surface area contributed by atoms with Crippen molar-refractivity contribution in [2.75, 3.05) is 13.2 Å². The Morgan fingerprint density at radius 3 is 1.91 bits per heavy atom. The Hall–Kier alpha value is -1.33. The zero-order valence-electron chi connectivity index (χ0n) is 12.7. The third-order valence-corrected chi connectivity index (χ3v) is 4.83. The highest BCUT2D eigenvalue weighted by Crippen LogP contribution is 2.36. The lowest BCUT2D eigenvalue weighted by Gasteiger charge is -2.12. The van der Waals surface area contributed by atoms with E-state index in [1.54, 1.807) is 0 Å². The van der Waals surface area contributed by atoms with Gasteiger partial charge >= 0.3 is 6.16 Å². The zero-order chi connectivity index (χ0) is 14.9. The minimum Gasteiger partial charge on any atom is -0.434 e. The van der Waals surface area contributed by atoms with Gasteiger partial charge in [-0.05, 0) is 25.7 Å². The zero-order valence-corrected chi connectivity index (χ0v) is 12.7. The van der Waals surface area contributed by atoms with E-state index in [0.717, 1.165) is 38.5 Å². The Kier molecular flexibility index (Phi) is 3.92. The van der Waals surface area contributed by atoms with E-state index in [9.17, 15) is 4.79 Å². The van der Waals surface area contributed by atoms with E-state index in [1.165, 1.54) is 11.1 Å². The first kappa shape index (κ1) is 14.3. The normalized spacial score (nSPS) is 34.7. The summed E-state index contributed by atoms with van der Waals surface area (Å²) in [5.74, 6) is 0. The van der Waals surface area contributed by atoms with Crippen molar-refractivity contribution in [3.05, 3.63) is 23.3 Å². The number of carbonyl (C=O) groups excluding carboxylic acids is 1. The lowest BCUT2D eigenvalue weighted by atomic mass is 9.98. The van der Waals surface area contributed by atoms with Crippen LogP contribution in [0.3, 0.4) is 0 Å². The van der Waals surface area contributed by atoms with E-state index in [1.807, 2.05) is 0 Å². The fourth-order valence-corrected chi connectivity index (χ4v) is 3.35. The van der Waals surface area contributed by atoms with Crippen LogP contribution in [0, 0.1) is 0 Å². The molecule has 0 saturated carbocycles. The molecule has 0 aromatic carbocycles. The molecule has 0 N–H and O–H groups in total. The van der Waals surface area contributed by atoms with Gasteiger partial charge in [-0.25, -0.2) is 4.79 Å². The lowest BCUT2D eigenvalue weighted by Crippen LogP contribution is -2.12. The van der Waals surface area contributed by atoms with Crippen molar-refractivity contribution in [1.29, 1.82) is 0 Å². The third-order valence-electron chi connectivity index (χ3n) is 4.83. The first-order valence-corrected chi connectivity index (χ1v) is 8.27. The molecule has 0 aromatic heterocycles. The van der Waals surface area contributed by atoms with E-state index >= 15 is 0 Å². The van der Waals surface area contributed by atoms with Crippen LogP contribution in [0.4, 0.5) is 4.79 Å². The largest absolute Gasteiger partial charge is 0.508 e. The summed E-state index contributed by atoms with van der Waals surface area (Å²) in [6.07, 6.45) is 11.2. The molecular weight excluding hydrogens is 284 g/mol. The van der Waals surface area contributed by atoms with Gasteiger partial charge in [-0.1, -0.05) is 23.3 Å². The van der Waals surface area contributed by atoms with Gasteiger partial charge in [-0.3, -0.25) is 0 Å². The van der Waals surface area contributed by atoms with Crippen LogP contribution in [0.1, 0.15) is 38.5 Å². The summed E-state index contributed by atoms with van der Waals surface area (Å²) < 4.78 is 21.1. The summed E-state index contributed by atoms with van der Waals surface area (Å²) in [4.78, 5) is 11.5. The summed E-state index contributed by atoms with van der Waals surface area (Å²) >= 11 is 0. The molecule has 4 unspecified atom stereocenters. The van der Waals surface area contributed by atoms with Crippen LogP contribution in [0.25, 0.3) is 0 Å². The molecule has 0 amide bonds. The number of fused-ring (bicyclic) bond motifs is 2. The van der Waals surface area contributed by atoms with Crippen LogP contribution in [0.5, 0.6) is 0 Å². The molecule has 22 heavy (non-hydrogen) atoms. The smallest absolute Gasteiger partial charge is 0.434 e. The van der Waals surface area contributed by atoms with Gasteiger partial charge in [-0.2, -0.15) is 0 Å². The van der Waals surface area contributed by atoms with Crippen LogP contribution >= 0.6 is 0 Å². The maximum absolute atomic E-state index is 11.5. The average Bonchev–Trinajstić information content (AvgIpc) is 3.40. The first-order valence-electron chi connectivity index (χ1n) is 8.27. The molecular formula is C17H22O5. The second-order valence-electron chi connectivity index (χ2n) is 6.45. The molecule has 4 atom stereocenters. The van der Waals surface area contributed by atoms with E-state index in [4.69, 9.17) is 18.9 Å². The molecule has 5 nitrogen and oxygen atoms in total. The van der Waals surface area contributed by atoms with Crippen molar-refractivity contribution in [3.63, 3.8) is 0 Å². The average molecular weight is 306 g/mol. The van der Waals surface area contributed by atoms with Gasteiger partial charge in [0, 0.05) is 12.8 Å². The molecule has 2 heterocycles. The van der Waals surface area contributed by atoms with Crippen LogP contribution in [-0.2, 0) is 18.9 Å². The van der Waals surface area contributed by atoms with E-state index in [-0.39, 0.29) is 0 Å². The lowest BCUT2D eigenvalue weighted by molar-refractivity contribution is 0.0566. The first-order chi connectivity index (χ1) is 10.8. The van der Waals surface area contributed by atoms with Gasteiger partial charge in [0.1, 0.15) is 12.2 Å². The van der Waals surface area contributed by atoms with Crippen molar-refractivity contribution >= 4 is 6.16 Å². The van der Waals surface area contributed by atoms with Gasteiger partial charge in [-0.15, -0.1) is 0 Å². The molecule has 0 radical (unpaired) electrons. The number of ether oxygens (including phenoxy) is 4. The number of hydrogen-bond acceptors (Lipinski definition) is 5. The van der Waals surface area contributed by atoms with Crippen molar-refractivity contribution in [3.8, 4) is 0 Å². The van der Waals surface area contributed by atoms with Crippen molar-refractivity contribution < 1.29 is 23.7 Å². The second-order valence-corrected chi connectivity index (χ2v) is 6.45. The van der Waals surface area contributed by atoms with Crippen molar-refractivity contribution in [2.45, 2.75) is 62.9 Å². The van der Waals surface area contributed by atoms with Gasteiger partial charge in [0.15, 0.2) is 0 Å². The molecule has 0 spiro atoms. The molecule has 5 heteroatoms. The van der Waals surface area contributed by atoms with Gasteiger partial charge in [0.05, 0.1) is 25.4 Å². The summed E-state index contributed by atoms with van der Waals surface area (Å²) in [6.45, 7) is 0.782. The molecule has 0 bridgehead atoms. The third kappa shape index (κ3) is 3.52. The molecule has 2 fully saturated rings. The summed E-state index contributed by atoms with van der Waals surface area (Å²) in [6, 6.07) is 0. The second kappa shape index (κ2) is 6.05. The van der Waals surface area contributed by atoms with Gasteiger partial charge in [0.2, 0.25) is 0 Å². The van der Waals surface area contributed by atoms with Gasteiger partial charge < -0.3 is 18.9 Å². The molecule has 2 aliphatic carbocycles. The Morgan fingerprint density at radius 1 is 0.955 bits per heavy atom. The van der Waals surface area contributed by atoms with Crippen molar-refractivity contribution in [2.24, 2.45) is 0 Å². The van der Waals surface area contributed by atoms with E-state index in [0.29, 0.717) is 37.6 Å². The van der Waals surface area contributed by atoms with Gasteiger partial charge in [0.25, 0.3) is 0 Å². The predicted octanol–water partition coefficient (Wildman–Crippen LogP) is 2.90. The maximum Gasteiger partial charge on any atom is 0.508 e. The fourth-order valence-electron chi connectivity index (χ4n) is 3.35. The highest BCUT2D eigenvalue weighted by Gasteiger charge is 2.40. The number of epoxide rings is 2. The summed E-state index contributed by atoms with van der Waals surface area (Å²) in [7, 11) is 0. The number of rotatable bonds is 6. The molecule has 2 saturated heterocycles. The number of hydrogen-bond donors (Lipinski definition) is 0. The Labute approximate surface area is 130 Å². The van der Waals surface area contributed by atoms with E-state index in [2.05, 4.69) is 12.2 Å². The summed E-state index contributed by atoms with van der Waals surface area (Å²) in [5.41, 5.74) is 2.66.